The highest BCUT2D eigenvalue weighted by molar-refractivity contribution is 5.56. The van der Waals surface area contributed by atoms with Crippen molar-refractivity contribution < 1.29 is 9.84 Å². The molecule has 0 bridgehead atoms. The Bertz CT molecular complexity index is 371. The van der Waals surface area contributed by atoms with Gasteiger partial charge < -0.3 is 15.6 Å². The van der Waals surface area contributed by atoms with E-state index in [4.69, 9.17) is 20.8 Å². The third-order valence-corrected chi connectivity index (χ3v) is 1.97. The minimum Gasteiger partial charge on any atom is -0.491 e. The van der Waals surface area contributed by atoms with Gasteiger partial charge in [-0.3, -0.25) is 0 Å². The van der Waals surface area contributed by atoms with Gasteiger partial charge in [0.15, 0.2) is 0 Å². The maximum absolute atomic E-state index is 8.81. The summed E-state index contributed by atoms with van der Waals surface area (Å²) in [7, 11) is 0. The molecule has 0 amide bonds. The van der Waals surface area contributed by atoms with Crippen molar-refractivity contribution in [2.45, 2.75) is 6.92 Å². The molecule has 0 aliphatic heterocycles. The first-order valence-corrected chi connectivity index (χ1v) is 4.70. The van der Waals surface area contributed by atoms with Crippen LogP contribution in [0.3, 0.4) is 0 Å². The third-order valence-electron chi connectivity index (χ3n) is 1.97. The Hall–Kier alpha value is -1.73. The van der Waals surface area contributed by atoms with Crippen molar-refractivity contribution in [2.24, 2.45) is 5.92 Å². The molecule has 1 rings (SSSR count). The molecule has 80 valence electrons. The summed E-state index contributed by atoms with van der Waals surface area (Å²) >= 11 is 0. The predicted octanol–water partition coefficient (Wildman–Crippen LogP) is 1.15. The van der Waals surface area contributed by atoms with E-state index in [1.807, 2.05) is 13.0 Å². The van der Waals surface area contributed by atoms with Gasteiger partial charge in [0, 0.05) is 12.5 Å². The lowest BCUT2D eigenvalue weighted by molar-refractivity contribution is 0.175. The second kappa shape index (κ2) is 5.23. The highest BCUT2D eigenvalue weighted by Crippen LogP contribution is 2.22. The van der Waals surface area contributed by atoms with E-state index in [0.717, 1.165) is 0 Å². The molecule has 0 heterocycles. The quantitative estimate of drug-likeness (QED) is 0.724. The molecular formula is C11H14N2O2. The topological polar surface area (TPSA) is 79.3 Å². The van der Waals surface area contributed by atoms with Gasteiger partial charge in [-0.25, -0.2) is 0 Å². The van der Waals surface area contributed by atoms with Gasteiger partial charge >= 0.3 is 0 Å². The summed E-state index contributed by atoms with van der Waals surface area (Å²) < 4.78 is 5.39. The van der Waals surface area contributed by atoms with E-state index in [1.54, 1.807) is 18.2 Å². The van der Waals surface area contributed by atoms with Crippen molar-refractivity contribution in [1.82, 2.24) is 0 Å². The zero-order chi connectivity index (χ0) is 11.3. The molecule has 4 nitrogen and oxygen atoms in total. The van der Waals surface area contributed by atoms with Crippen molar-refractivity contribution in [3.8, 4) is 11.8 Å². The number of ether oxygens (including phenoxy) is 1. The zero-order valence-electron chi connectivity index (χ0n) is 8.60. The van der Waals surface area contributed by atoms with Gasteiger partial charge in [0.25, 0.3) is 0 Å². The Kier molecular flexibility index (Phi) is 3.95. The SMILES string of the molecule is CC(CO)COc1ccc(C#N)cc1N. The summed E-state index contributed by atoms with van der Waals surface area (Å²) in [6.07, 6.45) is 0. The van der Waals surface area contributed by atoms with Crippen LogP contribution in [0.1, 0.15) is 12.5 Å². The van der Waals surface area contributed by atoms with E-state index < -0.39 is 0 Å². The number of aliphatic hydroxyl groups excluding tert-OH is 1. The van der Waals surface area contributed by atoms with Crippen molar-refractivity contribution in [3.63, 3.8) is 0 Å². The van der Waals surface area contributed by atoms with E-state index in [0.29, 0.717) is 23.6 Å². The average Bonchev–Trinajstić information content (AvgIpc) is 2.26. The molecular weight excluding hydrogens is 192 g/mol. The smallest absolute Gasteiger partial charge is 0.142 e. The van der Waals surface area contributed by atoms with Crippen LogP contribution in [0.4, 0.5) is 5.69 Å². The van der Waals surface area contributed by atoms with Crippen molar-refractivity contribution in [2.75, 3.05) is 18.9 Å². The molecule has 0 saturated heterocycles. The predicted molar refractivity (Wildman–Crippen MR) is 57.3 cm³/mol. The van der Waals surface area contributed by atoms with E-state index in [-0.39, 0.29) is 12.5 Å². The van der Waals surface area contributed by atoms with Crippen molar-refractivity contribution in [3.05, 3.63) is 23.8 Å². The van der Waals surface area contributed by atoms with Crippen LogP contribution in [0, 0.1) is 17.2 Å². The molecule has 15 heavy (non-hydrogen) atoms. The standard InChI is InChI=1S/C11H14N2O2/c1-8(6-14)7-15-11-3-2-9(5-12)4-10(11)13/h2-4,8,14H,6-7,13H2,1H3. The number of anilines is 1. The molecule has 0 saturated carbocycles. The molecule has 0 fully saturated rings. The molecule has 1 unspecified atom stereocenters. The molecule has 3 N–H and O–H groups in total. The van der Waals surface area contributed by atoms with Gasteiger partial charge in [0.05, 0.1) is 23.9 Å². The number of hydrogen-bond acceptors (Lipinski definition) is 4. The minimum absolute atomic E-state index is 0.0695. The van der Waals surface area contributed by atoms with Crippen LogP contribution in [-0.4, -0.2) is 18.3 Å². The maximum atomic E-state index is 8.81. The fourth-order valence-electron chi connectivity index (χ4n) is 1.03. The molecule has 0 spiro atoms. The number of benzene rings is 1. The molecule has 0 aliphatic carbocycles. The largest absolute Gasteiger partial charge is 0.491 e. The molecule has 0 aromatic heterocycles. The van der Waals surface area contributed by atoms with E-state index in [1.165, 1.54) is 0 Å². The molecule has 1 atom stereocenters. The van der Waals surface area contributed by atoms with Crippen LogP contribution >= 0.6 is 0 Å². The number of hydrogen-bond donors (Lipinski definition) is 2. The molecule has 4 heteroatoms. The summed E-state index contributed by atoms with van der Waals surface area (Å²) in [5.41, 5.74) is 6.64. The fourth-order valence-corrected chi connectivity index (χ4v) is 1.03. The number of nitrogens with zero attached hydrogens (tertiary/aromatic N) is 1. The average molecular weight is 206 g/mol. The van der Waals surface area contributed by atoms with Crippen LogP contribution in [0.2, 0.25) is 0 Å². The first-order chi connectivity index (χ1) is 7.17. The number of nitriles is 1. The van der Waals surface area contributed by atoms with E-state index in [9.17, 15) is 0 Å². The normalized spacial score (nSPS) is 11.8. The van der Waals surface area contributed by atoms with Crippen LogP contribution < -0.4 is 10.5 Å². The minimum atomic E-state index is 0.0695. The summed E-state index contributed by atoms with van der Waals surface area (Å²) in [6, 6.07) is 6.88. The lowest BCUT2D eigenvalue weighted by Crippen LogP contribution is -2.12. The lowest BCUT2D eigenvalue weighted by Gasteiger charge is -2.12. The Balaban J connectivity index is 2.67. The Morgan fingerprint density at radius 2 is 2.33 bits per heavy atom. The van der Waals surface area contributed by atoms with Crippen LogP contribution in [-0.2, 0) is 0 Å². The monoisotopic (exact) mass is 206 g/mol. The maximum Gasteiger partial charge on any atom is 0.142 e. The van der Waals surface area contributed by atoms with Crippen LogP contribution in [0.25, 0.3) is 0 Å². The van der Waals surface area contributed by atoms with Crippen LogP contribution in [0.5, 0.6) is 5.75 Å². The Morgan fingerprint density at radius 3 is 2.87 bits per heavy atom. The molecule has 0 aliphatic rings. The summed E-state index contributed by atoms with van der Waals surface area (Å²) in [4.78, 5) is 0. The second-order valence-corrected chi connectivity index (χ2v) is 3.46. The molecule has 1 aromatic carbocycles. The van der Waals surface area contributed by atoms with Gasteiger partial charge in [-0.2, -0.15) is 5.26 Å². The third kappa shape index (κ3) is 3.15. The van der Waals surface area contributed by atoms with Crippen molar-refractivity contribution in [1.29, 1.82) is 5.26 Å². The van der Waals surface area contributed by atoms with Crippen LogP contribution in [0.15, 0.2) is 18.2 Å². The Labute approximate surface area is 88.9 Å². The molecule has 0 radical (unpaired) electrons. The fraction of sp³-hybridized carbons (Fsp3) is 0.364. The van der Waals surface area contributed by atoms with Gasteiger partial charge in [-0.15, -0.1) is 0 Å². The Morgan fingerprint density at radius 1 is 1.60 bits per heavy atom. The van der Waals surface area contributed by atoms with E-state index >= 15 is 0 Å². The van der Waals surface area contributed by atoms with Crippen molar-refractivity contribution >= 4 is 5.69 Å². The summed E-state index contributed by atoms with van der Waals surface area (Å²) in [5.74, 6) is 0.620. The van der Waals surface area contributed by atoms with Gasteiger partial charge in [0.1, 0.15) is 5.75 Å². The van der Waals surface area contributed by atoms with Gasteiger partial charge in [-0.05, 0) is 18.2 Å². The number of aliphatic hydroxyl groups is 1. The zero-order valence-corrected chi connectivity index (χ0v) is 8.60. The summed E-state index contributed by atoms with van der Waals surface area (Å²) in [5, 5.41) is 17.4. The van der Waals surface area contributed by atoms with Gasteiger partial charge in [0.2, 0.25) is 0 Å². The van der Waals surface area contributed by atoms with E-state index in [2.05, 4.69) is 0 Å². The highest BCUT2D eigenvalue weighted by Gasteiger charge is 2.04. The number of nitrogen functional groups attached to an aromatic ring is 1. The lowest BCUT2D eigenvalue weighted by atomic mass is 10.2. The first-order valence-electron chi connectivity index (χ1n) is 4.70. The summed E-state index contributed by atoms with van der Waals surface area (Å²) in [6.45, 7) is 2.36. The number of rotatable bonds is 4. The first kappa shape index (κ1) is 11.3. The second-order valence-electron chi connectivity index (χ2n) is 3.46. The molecule has 1 aromatic rings. The van der Waals surface area contributed by atoms with Gasteiger partial charge in [-0.1, -0.05) is 6.92 Å². The number of nitrogens with two attached hydrogens (primary N) is 1. The highest BCUT2D eigenvalue weighted by atomic mass is 16.5.